The van der Waals surface area contributed by atoms with Gasteiger partial charge in [-0.15, -0.1) is 0 Å². The van der Waals surface area contributed by atoms with Crippen LogP contribution in [0.25, 0.3) is 0 Å². The third kappa shape index (κ3) is 3.41. The summed E-state index contributed by atoms with van der Waals surface area (Å²) in [5.41, 5.74) is 3.58. The molecule has 0 fully saturated rings. The van der Waals surface area contributed by atoms with Gasteiger partial charge in [0.05, 0.1) is 16.3 Å². The predicted molar refractivity (Wildman–Crippen MR) is 85.4 cm³/mol. The molecule has 0 aliphatic rings. The van der Waals surface area contributed by atoms with Crippen LogP contribution in [0.1, 0.15) is 23.7 Å². The largest absolute Gasteiger partial charge is 0.380 e. The summed E-state index contributed by atoms with van der Waals surface area (Å²) in [5.74, 6) is 0. The number of hydrogen-bond acceptors (Lipinski definition) is 4. The second-order valence-corrected chi connectivity index (χ2v) is 5.71. The van der Waals surface area contributed by atoms with Crippen LogP contribution < -0.4 is 5.32 Å². The standard InChI is InChI=1S/C14H17BrN4O2/c1-4-12-10(8-18(3)17-12)7-16-13-6-14(19(20)21)9(2)5-11(13)15/h5-6,8,16H,4,7H2,1-3H3. The molecule has 112 valence electrons. The number of benzene rings is 1. The quantitative estimate of drug-likeness (QED) is 0.659. The second kappa shape index (κ2) is 6.26. The number of nitrogens with one attached hydrogen (secondary N) is 1. The van der Waals surface area contributed by atoms with Gasteiger partial charge in [-0.2, -0.15) is 5.10 Å². The zero-order chi connectivity index (χ0) is 15.6. The molecule has 2 aromatic rings. The van der Waals surface area contributed by atoms with E-state index in [1.54, 1.807) is 23.7 Å². The van der Waals surface area contributed by atoms with Crippen molar-refractivity contribution in [2.75, 3.05) is 5.32 Å². The highest BCUT2D eigenvalue weighted by molar-refractivity contribution is 9.10. The van der Waals surface area contributed by atoms with Crippen molar-refractivity contribution < 1.29 is 4.92 Å². The van der Waals surface area contributed by atoms with Crippen LogP contribution in [0.4, 0.5) is 11.4 Å². The van der Waals surface area contributed by atoms with Gasteiger partial charge in [-0.3, -0.25) is 14.8 Å². The van der Waals surface area contributed by atoms with E-state index in [1.807, 2.05) is 13.2 Å². The van der Waals surface area contributed by atoms with Gasteiger partial charge in [-0.1, -0.05) is 6.92 Å². The number of anilines is 1. The molecule has 0 amide bonds. The van der Waals surface area contributed by atoms with E-state index < -0.39 is 0 Å². The van der Waals surface area contributed by atoms with E-state index in [2.05, 4.69) is 33.3 Å². The lowest BCUT2D eigenvalue weighted by molar-refractivity contribution is -0.385. The Balaban J connectivity index is 2.23. The molecule has 6 nitrogen and oxygen atoms in total. The topological polar surface area (TPSA) is 73.0 Å². The van der Waals surface area contributed by atoms with Crippen molar-refractivity contribution in [2.24, 2.45) is 7.05 Å². The second-order valence-electron chi connectivity index (χ2n) is 4.86. The third-order valence-electron chi connectivity index (χ3n) is 3.28. The van der Waals surface area contributed by atoms with Gasteiger partial charge in [0.15, 0.2) is 0 Å². The number of halogens is 1. The normalized spacial score (nSPS) is 10.7. The highest BCUT2D eigenvalue weighted by Crippen LogP contribution is 2.31. The van der Waals surface area contributed by atoms with E-state index in [9.17, 15) is 10.1 Å². The van der Waals surface area contributed by atoms with Crippen molar-refractivity contribution in [3.63, 3.8) is 0 Å². The lowest BCUT2D eigenvalue weighted by Crippen LogP contribution is -2.03. The van der Waals surface area contributed by atoms with Gasteiger partial charge in [0.2, 0.25) is 0 Å². The zero-order valence-corrected chi connectivity index (χ0v) is 13.8. The first kappa shape index (κ1) is 15.5. The minimum Gasteiger partial charge on any atom is -0.380 e. The van der Waals surface area contributed by atoms with Crippen molar-refractivity contribution in [3.8, 4) is 0 Å². The molecule has 7 heteroatoms. The summed E-state index contributed by atoms with van der Waals surface area (Å²) in [6.45, 7) is 4.36. The molecule has 21 heavy (non-hydrogen) atoms. The Kier molecular flexibility index (Phi) is 4.62. The number of nitro groups is 1. The van der Waals surface area contributed by atoms with Gasteiger partial charge in [0, 0.05) is 41.5 Å². The smallest absolute Gasteiger partial charge is 0.274 e. The van der Waals surface area contributed by atoms with Crippen molar-refractivity contribution in [1.82, 2.24) is 9.78 Å². The summed E-state index contributed by atoms with van der Waals surface area (Å²) in [6, 6.07) is 3.31. The van der Waals surface area contributed by atoms with Gasteiger partial charge < -0.3 is 5.32 Å². The third-order valence-corrected chi connectivity index (χ3v) is 3.93. The van der Waals surface area contributed by atoms with Gasteiger partial charge in [0.25, 0.3) is 5.69 Å². The number of aryl methyl sites for hydroxylation is 3. The molecule has 1 N–H and O–H groups in total. The van der Waals surface area contributed by atoms with Crippen LogP contribution in [0.5, 0.6) is 0 Å². The highest BCUT2D eigenvalue weighted by Gasteiger charge is 2.14. The predicted octanol–water partition coefficient (Wildman–Crippen LogP) is 3.57. The Labute approximate surface area is 131 Å². The Morgan fingerprint density at radius 3 is 2.81 bits per heavy atom. The van der Waals surface area contributed by atoms with Crippen LogP contribution in [0.2, 0.25) is 0 Å². The molecule has 0 saturated carbocycles. The average molecular weight is 353 g/mol. The number of rotatable bonds is 5. The van der Waals surface area contributed by atoms with E-state index >= 15 is 0 Å². The lowest BCUT2D eigenvalue weighted by atomic mass is 10.1. The maximum atomic E-state index is 11.0. The molecule has 2 rings (SSSR count). The van der Waals surface area contributed by atoms with Crippen LogP contribution in [0.15, 0.2) is 22.8 Å². The summed E-state index contributed by atoms with van der Waals surface area (Å²) in [7, 11) is 1.88. The molecule has 0 bridgehead atoms. The van der Waals surface area contributed by atoms with Crippen LogP contribution >= 0.6 is 15.9 Å². The van der Waals surface area contributed by atoms with Crippen LogP contribution in [0.3, 0.4) is 0 Å². The van der Waals surface area contributed by atoms with Crippen molar-refractivity contribution in [1.29, 1.82) is 0 Å². The fourth-order valence-corrected chi connectivity index (χ4v) is 2.81. The molecule has 0 saturated heterocycles. The number of aromatic nitrogens is 2. The van der Waals surface area contributed by atoms with Crippen LogP contribution in [-0.4, -0.2) is 14.7 Å². The van der Waals surface area contributed by atoms with E-state index in [1.165, 1.54) is 0 Å². The summed E-state index contributed by atoms with van der Waals surface area (Å²) >= 11 is 3.44. The van der Waals surface area contributed by atoms with Crippen LogP contribution in [0, 0.1) is 17.0 Å². The molecule has 0 radical (unpaired) electrons. The molecular formula is C14H17BrN4O2. The lowest BCUT2D eigenvalue weighted by Gasteiger charge is -2.09. The number of nitro benzene ring substituents is 1. The fourth-order valence-electron chi connectivity index (χ4n) is 2.21. The summed E-state index contributed by atoms with van der Waals surface area (Å²) in [5, 5.41) is 18.6. The first-order valence-electron chi connectivity index (χ1n) is 6.62. The Hall–Kier alpha value is -1.89. The molecule has 0 unspecified atom stereocenters. The summed E-state index contributed by atoms with van der Waals surface area (Å²) in [6.07, 6.45) is 2.81. The Bertz CT molecular complexity index is 682. The molecule has 0 spiro atoms. The minimum absolute atomic E-state index is 0.114. The summed E-state index contributed by atoms with van der Waals surface area (Å²) < 4.78 is 2.59. The Morgan fingerprint density at radius 1 is 1.48 bits per heavy atom. The van der Waals surface area contributed by atoms with Gasteiger partial charge in [-0.05, 0) is 35.3 Å². The van der Waals surface area contributed by atoms with Crippen molar-refractivity contribution in [2.45, 2.75) is 26.8 Å². The van der Waals surface area contributed by atoms with E-state index in [0.29, 0.717) is 17.8 Å². The molecule has 0 aliphatic carbocycles. The van der Waals surface area contributed by atoms with E-state index in [4.69, 9.17) is 0 Å². The van der Waals surface area contributed by atoms with Gasteiger partial charge in [-0.25, -0.2) is 0 Å². The highest BCUT2D eigenvalue weighted by atomic mass is 79.9. The first-order chi connectivity index (χ1) is 9.92. The maximum absolute atomic E-state index is 11.0. The first-order valence-corrected chi connectivity index (χ1v) is 7.41. The Morgan fingerprint density at radius 2 is 2.19 bits per heavy atom. The minimum atomic E-state index is -0.367. The van der Waals surface area contributed by atoms with Gasteiger partial charge in [0.1, 0.15) is 0 Å². The molecule has 0 aliphatic heterocycles. The van der Waals surface area contributed by atoms with Gasteiger partial charge >= 0.3 is 0 Å². The molecular weight excluding hydrogens is 336 g/mol. The van der Waals surface area contributed by atoms with E-state index in [0.717, 1.165) is 22.2 Å². The van der Waals surface area contributed by atoms with E-state index in [-0.39, 0.29) is 10.6 Å². The average Bonchev–Trinajstić information content (AvgIpc) is 2.77. The van der Waals surface area contributed by atoms with Crippen molar-refractivity contribution >= 4 is 27.3 Å². The van der Waals surface area contributed by atoms with Crippen LogP contribution in [-0.2, 0) is 20.0 Å². The fraction of sp³-hybridized carbons (Fsp3) is 0.357. The molecule has 0 atom stereocenters. The van der Waals surface area contributed by atoms with Crippen molar-refractivity contribution in [3.05, 3.63) is 49.7 Å². The zero-order valence-electron chi connectivity index (χ0n) is 12.2. The number of hydrogen-bond donors (Lipinski definition) is 1. The molecule has 1 heterocycles. The maximum Gasteiger partial charge on any atom is 0.274 e. The summed E-state index contributed by atoms with van der Waals surface area (Å²) in [4.78, 5) is 10.6. The SMILES string of the molecule is CCc1nn(C)cc1CNc1cc([N+](=O)[O-])c(C)cc1Br. The number of nitrogens with zero attached hydrogens (tertiary/aromatic N) is 3. The molecule has 1 aromatic heterocycles. The molecule has 1 aromatic carbocycles. The monoisotopic (exact) mass is 352 g/mol.